The normalized spacial score (nSPS) is 17.6. The first kappa shape index (κ1) is 14.9. The molecule has 0 bridgehead atoms. The minimum Gasteiger partial charge on any atom is -0.493 e. The molecule has 1 aromatic carbocycles. The van der Waals surface area contributed by atoms with Crippen molar-refractivity contribution < 1.29 is 4.74 Å². The first-order valence-electron chi connectivity index (χ1n) is 7.36. The third kappa shape index (κ3) is 4.22. The van der Waals surface area contributed by atoms with E-state index in [2.05, 4.69) is 53.3 Å². The van der Waals surface area contributed by atoms with E-state index in [1.54, 1.807) is 0 Å². The van der Waals surface area contributed by atoms with Crippen molar-refractivity contribution in [3.05, 3.63) is 28.2 Å². The molecule has 1 saturated carbocycles. The molecule has 3 heteroatoms. The quantitative estimate of drug-likeness (QED) is 0.819. The Labute approximate surface area is 125 Å². The zero-order valence-electron chi connectivity index (χ0n) is 11.9. The molecule has 0 aliphatic heterocycles. The van der Waals surface area contributed by atoms with Gasteiger partial charge in [0, 0.05) is 16.1 Å². The van der Waals surface area contributed by atoms with Crippen LogP contribution >= 0.6 is 15.9 Å². The van der Waals surface area contributed by atoms with E-state index in [0.29, 0.717) is 6.04 Å². The van der Waals surface area contributed by atoms with Crippen molar-refractivity contribution in [1.29, 1.82) is 0 Å². The van der Waals surface area contributed by atoms with E-state index >= 15 is 0 Å². The molecule has 19 heavy (non-hydrogen) atoms. The maximum atomic E-state index is 6.10. The van der Waals surface area contributed by atoms with E-state index in [1.807, 2.05) is 0 Å². The van der Waals surface area contributed by atoms with Gasteiger partial charge in [0.25, 0.3) is 0 Å². The smallest absolute Gasteiger partial charge is 0.125 e. The van der Waals surface area contributed by atoms with Crippen molar-refractivity contribution in [3.8, 4) is 5.75 Å². The zero-order valence-corrected chi connectivity index (χ0v) is 13.5. The molecule has 1 atom stereocenters. The predicted octanol–water partition coefficient (Wildman–Crippen LogP) is 4.69. The van der Waals surface area contributed by atoms with E-state index in [4.69, 9.17) is 4.74 Å². The largest absolute Gasteiger partial charge is 0.493 e. The molecule has 1 fully saturated rings. The molecule has 0 heterocycles. The van der Waals surface area contributed by atoms with Gasteiger partial charge in [0.15, 0.2) is 0 Å². The Morgan fingerprint density at radius 2 is 2.11 bits per heavy atom. The first-order chi connectivity index (χ1) is 9.20. The Balaban J connectivity index is 2.05. The summed E-state index contributed by atoms with van der Waals surface area (Å²) in [6.45, 7) is 6.16. The van der Waals surface area contributed by atoms with Gasteiger partial charge in [0.05, 0.1) is 6.61 Å². The molecule has 0 spiro atoms. The molecule has 106 valence electrons. The van der Waals surface area contributed by atoms with Crippen LogP contribution in [0.2, 0.25) is 0 Å². The van der Waals surface area contributed by atoms with Gasteiger partial charge in [-0.15, -0.1) is 0 Å². The molecule has 1 N–H and O–H groups in total. The second kappa shape index (κ2) is 7.30. The number of benzene rings is 1. The number of rotatable bonds is 6. The second-order valence-corrected chi connectivity index (χ2v) is 6.34. The molecule has 0 amide bonds. The van der Waals surface area contributed by atoms with Crippen LogP contribution in [0.5, 0.6) is 5.75 Å². The number of hydrogen-bond donors (Lipinski definition) is 1. The first-order valence-corrected chi connectivity index (χ1v) is 8.15. The molecule has 0 aromatic heterocycles. The SMILES string of the molecule is CCNC(C)c1ccc(Br)cc1OCC1CCCC1. The van der Waals surface area contributed by atoms with Crippen molar-refractivity contribution in [1.82, 2.24) is 5.32 Å². The summed E-state index contributed by atoms with van der Waals surface area (Å²) in [6.07, 6.45) is 5.39. The highest BCUT2D eigenvalue weighted by Crippen LogP contribution is 2.31. The third-order valence-electron chi connectivity index (χ3n) is 3.90. The lowest BCUT2D eigenvalue weighted by molar-refractivity contribution is 0.248. The third-order valence-corrected chi connectivity index (χ3v) is 4.39. The Morgan fingerprint density at radius 1 is 1.37 bits per heavy atom. The monoisotopic (exact) mass is 325 g/mol. The van der Waals surface area contributed by atoms with Gasteiger partial charge >= 0.3 is 0 Å². The minimum atomic E-state index is 0.330. The number of ether oxygens (including phenoxy) is 1. The summed E-state index contributed by atoms with van der Waals surface area (Å²) in [7, 11) is 0. The van der Waals surface area contributed by atoms with Gasteiger partial charge in [-0.05, 0) is 44.4 Å². The average Bonchev–Trinajstić information content (AvgIpc) is 2.89. The van der Waals surface area contributed by atoms with Crippen molar-refractivity contribution in [2.24, 2.45) is 5.92 Å². The molecular weight excluding hydrogens is 302 g/mol. The van der Waals surface area contributed by atoms with Gasteiger partial charge in [0.2, 0.25) is 0 Å². The van der Waals surface area contributed by atoms with Gasteiger partial charge in [-0.2, -0.15) is 0 Å². The fourth-order valence-electron chi connectivity index (χ4n) is 2.79. The topological polar surface area (TPSA) is 21.3 Å². The van der Waals surface area contributed by atoms with Crippen molar-refractivity contribution in [2.45, 2.75) is 45.6 Å². The standard InChI is InChI=1S/C16H24BrNO/c1-3-18-12(2)15-9-8-14(17)10-16(15)19-11-13-6-4-5-7-13/h8-10,12-13,18H,3-7,11H2,1-2H3. The lowest BCUT2D eigenvalue weighted by Crippen LogP contribution is -2.19. The molecule has 1 aliphatic carbocycles. The summed E-state index contributed by atoms with van der Waals surface area (Å²) in [4.78, 5) is 0. The second-order valence-electron chi connectivity index (χ2n) is 5.42. The summed E-state index contributed by atoms with van der Waals surface area (Å²) < 4.78 is 7.18. The number of nitrogens with one attached hydrogen (secondary N) is 1. The van der Waals surface area contributed by atoms with E-state index in [1.165, 1.54) is 31.2 Å². The number of hydrogen-bond acceptors (Lipinski definition) is 2. The zero-order chi connectivity index (χ0) is 13.7. The molecule has 1 unspecified atom stereocenters. The van der Waals surface area contributed by atoms with Crippen molar-refractivity contribution in [2.75, 3.05) is 13.2 Å². The Kier molecular flexibility index (Phi) is 5.71. The summed E-state index contributed by atoms with van der Waals surface area (Å²) >= 11 is 3.54. The lowest BCUT2D eigenvalue weighted by Gasteiger charge is -2.19. The van der Waals surface area contributed by atoms with Crippen molar-refractivity contribution in [3.63, 3.8) is 0 Å². The molecule has 2 rings (SSSR count). The van der Waals surface area contributed by atoms with Crippen LogP contribution in [0.3, 0.4) is 0 Å². The van der Waals surface area contributed by atoms with Crippen LogP contribution in [-0.2, 0) is 0 Å². The van der Waals surface area contributed by atoms with Gasteiger partial charge in [-0.1, -0.05) is 41.8 Å². The molecular formula is C16H24BrNO. The average molecular weight is 326 g/mol. The van der Waals surface area contributed by atoms with Crippen LogP contribution < -0.4 is 10.1 Å². The summed E-state index contributed by atoms with van der Waals surface area (Å²) in [5.41, 5.74) is 1.25. The summed E-state index contributed by atoms with van der Waals surface area (Å²) in [6, 6.07) is 6.67. The van der Waals surface area contributed by atoms with Gasteiger partial charge in [-0.25, -0.2) is 0 Å². The summed E-state index contributed by atoms with van der Waals surface area (Å²) in [5, 5.41) is 3.45. The van der Waals surface area contributed by atoms with E-state index in [0.717, 1.165) is 29.3 Å². The summed E-state index contributed by atoms with van der Waals surface area (Å²) in [5.74, 6) is 1.77. The van der Waals surface area contributed by atoms with Gasteiger partial charge in [-0.3, -0.25) is 0 Å². The Hall–Kier alpha value is -0.540. The van der Waals surface area contributed by atoms with E-state index in [-0.39, 0.29) is 0 Å². The van der Waals surface area contributed by atoms with Crippen molar-refractivity contribution >= 4 is 15.9 Å². The minimum absolute atomic E-state index is 0.330. The van der Waals surface area contributed by atoms with Gasteiger partial charge in [0.1, 0.15) is 5.75 Å². The highest BCUT2D eigenvalue weighted by Gasteiger charge is 2.17. The molecule has 2 nitrogen and oxygen atoms in total. The van der Waals surface area contributed by atoms with E-state index < -0.39 is 0 Å². The van der Waals surface area contributed by atoms with Crippen LogP contribution in [0.4, 0.5) is 0 Å². The predicted molar refractivity (Wildman–Crippen MR) is 83.7 cm³/mol. The highest BCUT2D eigenvalue weighted by molar-refractivity contribution is 9.10. The fourth-order valence-corrected chi connectivity index (χ4v) is 3.13. The Morgan fingerprint density at radius 3 is 2.79 bits per heavy atom. The lowest BCUT2D eigenvalue weighted by atomic mass is 10.1. The highest BCUT2D eigenvalue weighted by atomic mass is 79.9. The van der Waals surface area contributed by atoms with Crippen LogP contribution in [-0.4, -0.2) is 13.2 Å². The van der Waals surface area contributed by atoms with Gasteiger partial charge < -0.3 is 10.1 Å². The molecule has 0 radical (unpaired) electrons. The van der Waals surface area contributed by atoms with Crippen LogP contribution in [0, 0.1) is 5.92 Å². The molecule has 1 aromatic rings. The maximum absolute atomic E-state index is 6.10. The number of halogens is 1. The molecule has 0 saturated heterocycles. The maximum Gasteiger partial charge on any atom is 0.125 e. The van der Waals surface area contributed by atoms with E-state index in [9.17, 15) is 0 Å². The van der Waals surface area contributed by atoms with Crippen LogP contribution in [0.1, 0.15) is 51.1 Å². The van der Waals surface area contributed by atoms with Crippen LogP contribution in [0.25, 0.3) is 0 Å². The van der Waals surface area contributed by atoms with Crippen LogP contribution in [0.15, 0.2) is 22.7 Å². The molecule has 1 aliphatic rings. The Bertz CT molecular complexity index is 402. The fraction of sp³-hybridized carbons (Fsp3) is 0.625.